The maximum atomic E-state index is 12.5. The van der Waals surface area contributed by atoms with Crippen molar-refractivity contribution in [2.45, 2.75) is 4.90 Å². The third-order valence-electron chi connectivity index (χ3n) is 2.80. The van der Waals surface area contributed by atoms with E-state index in [1.807, 2.05) is 0 Å². The van der Waals surface area contributed by atoms with Crippen molar-refractivity contribution in [3.05, 3.63) is 53.0 Å². The van der Waals surface area contributed by atoms with E-state index < -0.39 is 37.9 Å². The number of benzene rings is 1. The van der Waals surface area contributed by atoms with Crippen molar-refractivity contribution in [1.82, 2.24) is 0 Å². The molecule has 0 fully saturated rings. The molecule has 1 aliphatic rings. The highest BCUT2D eigenvalue weighted by atomic mass is 32.2. The van der Waals surface area contributed by atoms with Crippen LogP contribution in [0.15, 0.2) is 57.9 Å². The Balaban J connectivity index is 2.75. The van der Waals surface area contributed by atoms with E-state index in [1.54, 1.807) is 6.07 Å². The van der Waals surface area contributed by atoms with E-state index in [9.17, 15) is 22.8 Å². The summed E-state index contributed by atoms with van der Waals surface area (Å²) < 4.78 is 29.4. The van der Waals surface area contributed by atoms with Gasteiger partial charge in [-0.2, -0.15) is 0 Å². The van der Waals surface area contributed by atoms with Gasteiger partial charge in [0.05, 0.1) is 12.0 Å². The van der Waals surface area contributed by atoms with Crippen LogP contribution in [0.2, 0.25) is 0 Å². The lowest BCUT2D eigenvalue weighted by molar-refractivity contribution is -0.137. The second-order valence-corrected chi connectivity index (χ2v) is 5.96. The first-order chi connectivity index (χ1) is 9.89. The lowest BCUT2D eigenvalue weighted by atomic mass is 10.0. The van der Waals surface area contributed by atoms with E-state index in [0.29, 0.717) is 0 Å². The Labute approximate surface area is 120 Å². The standard InChI is InChI=1S/C14H10O6S/c1-20-14(17)12-10(15)7-8-11(16)13(12)21(18,19)9-5-3-2-4-6-9/h2-8H,1H3. The summed E-state index contributed by atoms with van der Waals surface area (Å²) in [5, 5.41) is 0. The fraction of sp³-hybridized carbons (Fsp3) is 0.0714. The SMILES string of the molecule is COC(=O)C1=C(S(=O)(=O)c2ccccc2)C(=O)C=CC1=O. The summed E-state index contributed by atoms with van der Waals surface area (Å²) in [4.78, 5) is 34.3. The van der Waals surface area contributed by atoms with Crippen molar-refractivity contribution < 1.29 is 27.5 Å². The molecule has 6 nitrogen and oxygen atoms in total. The Kier molecular flexibility index (Phi) is 3.86. The number of allylic oxidation sites excluding steroid dienone is 3. The third-order valence-corrected chi connectivity index (χ3v) is 4.63. The van der Waals surface area contributed by atoms with Gasteiger partial charge in [0.25, 0.3) is 0 Å². The van der Waals surface area contributed by atoms with Crippen molar-refractivity contribution >= 4 is 27.4 Å². The summed E-state index contributed by atoms with van der Waals surface area (Å²) in [7, 11) is -3.29. The molecule has 0 saturated carbocycles. The largest absolute Gasteiger partial charge is 0.465 e. The van der Waals surface area contributed by atoms with E-state index in [2.05, 4.69) is 4.74 Å². The third kappa shape index (κ3) is 2.55. The highest BCUT2D eigenvalue weighted by Crippen LogP contribution is 2.26. The average molecular weight is 306 g/mol. The summed E-state index contributed by atoms with van der Waals surface area (Å²) in [6.45, 7) is 0. The van der Waals surface area contributed by atoms with Crippen LogP contribution in [0.5, 0.6) is 0 Å². The molecule has 0 radical (unpaired) electrons. The molecule has 0 aliphatic heterocycles. The van der Waals surface area contributed by atoms with Gasteiger partial charge in [0.1, 0.15) is 10.5 Å². The maximum Gasteiger partial charge on any atom is 0.343 e. The van der Waals surface area contributed by atoms with Gasteiger partial charge in [-0.25, -0.2) is 13.2 Å². The van der Waals surface area contributed by atoms with Gasteiger partial charge in [-0.1, -0.05) is 18.2 Å². The first-order valence-corrected chi connectivity index (χ1v) is 7.27. The Morgan fingerprint density at radius 2 is 1.57 bits per heavy atom. The smallest absolute Gasteiger partial charge is 0.343 e. The lowest BCUT2D eigenvalue weighted by Gasteiger charge is -2.13. The number of esters is 1. The van der Waals surface area contributed by atoms with Gasteiger partial charge in [-0.15, -0.1) is 0 Å². The van der Waals surface area contributed by atoms with Crippen LogP contribution in [0, 0.1) is 0 Å². The van der Waals surface area contributed by atoms with Crippen LogP contribution in [-0.2, 0) is 29.0 Å². The van der Waals surface area contributed by atoms with Gasteiger partial charge in [-0.3, -0.25) is 9.59 Å². The lowest BCUT2D eigenvalue weighted by Crippen LogP contribution is -2.26. The highest BCUT2D eigenvalue weighted by molar-refractivity contribution is 7.96. The second-order valence-electron chi connectivity index (χ2n) is 4.07. The normalized spacial score (nSPS) is 15.3. The van der Waals surface area contributed by atoms with E-state index in [-0.39, 0.29) is 4.90 Å². The monoisotopic (exact) mass is 306 g/mol. The quantitative estimate of drug-likeness (QED) is 0.461. The van der Waals surface area contributed by atoms with Crippen molar-refractivity contribution in [2.24, 2.45) is 0 Å². The fourth-order valence-electron chi connectivity index (χ4n) is 1.83. The molecule has 7 heteroatoms. The Hall–Kier alpha value is -2.54. The van der Waals surface area contributed by atoms with E-state index in [0.717, 1.165) is 19.3 Å². The van der Waals surface area contributed by atoms with Crippen molar-refractivity contribution in [1.29, 1.82) is 0 Å². The van der Waals surface area contributed by atoms with Crippen LogP contribution in [0.25, 0.3) is 0 Å². The summed E-state index contributed by atoms with van der Waals surface area (Å²) in [5.74, 6) is -2.97. The molecule has 0 saturated heterocycles. The molecular formula is C14H10O6S. The molecule has 1 aliphatic carbocycles. The molecule has 0 unspecified atom stereocenters. The number of methoxy groups -OCH3 is 1. The zero-order valence-corrected chi connectivity index (χ0v) is 11.7. The summed E-state index contributed by atoms with van der Waals surface area (Å²) in [5.41, 5.74) is -0.770. The van der Waals surface area contributed by atoms with Gasteiger partial charge >= 0.3 is 5.97 Å². The van der Waals surface area contributed by atoms with Gasteiger partial charge in [-0.05, 0) is 24.3 Å². The molecule has 0 amide bonds. The molecule has 0 heterocycles. The minimum atomic E-state index is -4.29. The van der Waals surface area contributed by atoms with Gasteiger partial charge in [0.15, 0.2) is 11.6 Å². The maximum absolute atomic E-state index is 12.5. The van der Waals surface area contributed by atoms with Crippen molar-refractivity contribution in [3.63, 3.8) is 0 Å². The van der Waals surface area contributed by atoms with Gasteiger partial charge in [0.2, 0.25) is 9.84 Å². The van der Waals surface area contributed by atoms with Gasteiger partial charge < -0.3 is 4.74 Å². The number of carbonyl (C=O) groups is 3. The van der Waals surface area contributed by atoms with Crippen molar-refractivity contribution in [2.75, 3.05) is 7.11 Å². The number of carbonyl (C=O) groups excluding carboxylic acids is 3. The highest BCUT2D eigenvalue weighted by Gasteiger charge is 2.37. The van der Waals surface area contributed by atoms with E-state index in [4.69, 9.17) is 0 Å². The van der Waals surface area contributed by atoms with Crippen LogP contribution in [0.3, 0.4) is 0 Å². The predicted octanol–water partition coefficient (Wildman–Crippen LogP) is 0.595. The van der Waals surface area contributed by atoms with Crippen LogP contribution in [-0.4, -0.2) is 33.1 Å². The molecule has 0 N–H and O–H groups in total. The number of ketones is 2. The van der Waals surface area contributed by atoms with E-state index >= 15 is 0 Å². The molecule has 108 valence electrons. The number of sulfone groups is 1. The zero-order valence-electron chi connectivity index (χ0n) is 10.9. The van der Waals surface area contributed by atoms with Gasteiger partial charge in [0, 0.05) is 0 Å². The minimum Gasteiger partial charge on any atom is -0.465 e. The second kappa shape index (κ2) is 5.45. The van der Waals surface area contributed by atoms with Crippen LogP contribution >= 0.6 is 0 Å². The number of hydrogen-bond donors (Lipinski definition) is 0. The molecule has 0 aromatic heterocycles. The molecule has 2 rings (SSSR count). The first-order valence-electron chi connectivity index (χ1n) is 5.79. The topological polar surface area (TPSA) is 94.6 Å². The molecule has 0 bridgehead atoms. The fourth-order valence-corrected chi connectivity index (χ4v) is 3.36. The molecule has 21 heavy (non-hydrogen) atoms. The minimum absolute atomic E-state index is 0.183. The van der Waals surface area contributed by atoms with Crippen molar-refractivity contribution in [3.8, 4) is 0 Å². The van der Waals surface area contributed by atoms with Crippen LogP contribution in [0.4, 0.5) is 0 Å². The van der Waals surface area contributed by atoms with Crippen LogP contribution < -0.4 is 0 Å². The van der Waals surface area contributed by atoms with Crippen LogP contribution in [0.1, 0.15) is 0 Å². The first kappa shape index (κ1) is 14.9. The zero-order chi connectivity index (χ0) is 15.6. The average Bonchev–Trinajstić information content (AvgIpc) is 2.49. The Morgan fingerprint density at radius 1 is 1.00 bits per heavy atom. The predicted molar refractivity (Wildman–Crippen MR) is 71.8 cm³/mol. The Morgan fingerprint density at radius 3 is 2.14 bits per heavy atom. The molecular weight excluding hydrogens is 296 g/mol. The molecule has 1 aromatic carbocycles. The van der Waals surface area contributed by atoms with E-state index in [1.165, 1.54) is 24.3 Å². The number of ether oxygens (including phenoxy) is 1. The number of hydrogen-bond acceptors (Lipinski definition) is 6. The molecule has 1 aromatic rings. The summed E-state index contributed by atoms with van der Waals surface area (Å²) in [6.07, 6.45) is 1.67. The summed E-state index contributed by atoms with van der Waals surface area (Å²) in [6, 6.07) is 7.08. The number of rotatable bonds is 3. The molecule has 0 atom stereocenters. The Bertz CT molecular complexity index is 784. The summed E-state index contributed by atoms with van der Waals surface area (Å²) >= 11 is 0. The molecule has 0 spiro atoms.